The molecule has 1 atom stereocenters. The normalized spacial score (nSPS) is 22.0. The average molecular weight is 208 g/mol. The van der Waals surface area contributed by atoms with Crippen molar-refractivity contribution < 1.29 is 0 Å². The predicted molar refractivity (Wildman–Crippen MR) is 56.1 cm³/mol. The van der Waals surface area contributed by atoms with Gasteiger partial charge in [0, 0.05) is 4.91 Å². The Kier molecular flexibility index (Phi) is 2.40. The van der Waals surface area contributed by atoms with E-state index in [0.29, 0.717) is 0 Å². The van der Waals surface area contributed by atoms with Gasteiger partial charge in [-0.2, -0.15) is 16.6 Å². The van der Waals surface area contributed by atoms with Crippen molar-refractivity contribution in [2.45, 2.75) is 13.0 Å². The fourth-order valence-electron chi connectivity index (χ4n) is 1.28. The van der Waals surface area contributed by atoms with Gasteiger partial charge in [0.25, 0.3) is 0 Å². The highest BCUT2D eigenvalue weighted by atomic mass is 32.2. The second-order valence-electron chi connectivity index (χ2n) is 2.79. The maximum atomic E-state index is 8.95. The smallest absolute Gasteiger partial charge is 0.0976 e. The van der Waals surface area contributed by atoms with E-state index in [1.165, 1.54) is 5.56 Å². The number of allylic oxidation sites excluding steroid dienone is 1. The van der Waals surface area contributed by atoms with Crippen LogP contribution in [-0.2, 0) is 0 Å². The maximum Gasteiger partial charge on any atom is 0.0976 e. The minimum Gasteiger partial charge on any atom is -0.247 e. The quantitative estimate of drug-likeness (QED) is 0.721. The van der Waals surface area contributed by atoms with E-state index in [1.807, 2.05) is 12.3 Å². The summed E-state index contributed by atoms with van der Waals surface area (Å²) < 4.78 is 3.24. The summed E-state index contributed by atoms with van der Waals surface area (Å²) >= 11 is 3.21. The highest BCUT2D eigenvalue weighted by molar-refractivity contribution is 8.01. The van der Waals surface area contributed by atoms with Crippen LogP contribution in [-0.4, -0.2) is 0 Å². The lowest BCUT2D eigenvalue weighted by molar-refractivity contribution is 0.826. The van der Waals surface area contributed by atoms with E-state index < -0.39 is 0 Å². The number of thiophene rings is 1. The zero-order valence-electron chi connectivity index (χ0n) is 7.07. The summed E-state index contributed by atoms with van der Waals surface area (Å²) in [5.41, 5.74) is 2.04. The van der Waals surface area contributed by atoms with Crippen molar-refractivity contribution in [3.63, 3.8) is 0 Å². The SMILES string of the molecule is CC1=C(C#N)C(c2ccsc2)NS1. The van der Waals surface area contributed by atoms with E-state index >= 15 is 0 Å². The van der Waals surface area contributed by atoms with Gasteiger partial charge in [0.2, 0.25) is 0 Å². The van der Waals surface area contributed by atoms with Crippen LogP contribution < -0.4 is 4.72 Å². The summed E-state index contributed by atoms with van der Waals surface area (Å²) in [6, 6.07) is 4.41. The first-order valence-electron chi connectivity index (χ1n) is 3.88. The van der Waals surface area contributed by atoms with Gasteiger partial charge >= 0.3 is 0 Å². The topological polar surface area (TPSA) is 35.8 Å². The Morgan fingerprint density at radius 2 is 2.46 bits per heavy atom. The molecule has 0 saturated heterocycles. The molecule has 2 rings (SSSR count). The molecule has 4 heteroatoms. The van der Waals surface area contributed by atoms with Gasteiger partial charge in [0.05, 0.1) is 17.7 Å². The minimum absolute atomic E-state index is 0.0984. The first-order valence-corrected chi connectivity index (χ1v) is 5.64. The molecule has 0 amide bonds. The van der Waals surface area contributed by atoms with Gasteiger partial charge in [-0.25, -0.2) is 4.72 Å². The van der Waals surface area contributed by atoms with Crippen molar-refractivity contribution in [1.82, 2.24) is 4.72 Å². The molecule has 2 heterocycles. The molecule has 2 nitrogen and oxygen atoms in total. The highest BCUT2D eigenvalue weighted by Gasteiger charge is 2.25. The van der Waals surface area contributed by atoms with E-state index in [0.717, 1.165) is 10.5 Å². The lowest BCUT2D eigenvalue weighted by Gasteiger charge is -2.06. The van der Waals surface area contributed by atoms with Crippen molar-refractivity contribution in [2.24, 2.45) is 0 Å². The molecule has 1 aromatic rings. The van der Waals surface area contributed by atoms with Crippen LogP contribution in [0.4, 0.5) is 0 Å². The largest absolute Gasteiger partial charge is 0.247 e. The molecule has 1 N–H and O–H groups in total. The van der Waals surface area contributed by atoms with Gasteiger partial charge in [-0.3, -0.25) is 0 Å². The van der Waals surface area contributed by atoms with E-state index in [1.54, 1.807) is 23.3 Å². The molecule has 0 bridgehead atoms. The van der Waals surface area contributed by atoms with Crippen molar-refractivity contribution in [3.05, 3.63) is 32.9 Å². The number of nitrogens with one attached hydrogen (secondary N) is 1. The van der Waals surface area contributed by atoms with Gasteiger partial charge in [-0.1, -0.05) is 0 Å². The van der Waals surface area contributed by atoms with Crippen molar-refractivity contribution in [3.8, 4) is 6.07 Å². The van der Waals surface area contributed by atoms with E-state index in [2.05, 4.69) is 22.2 Å². The lowest BCUT2D eigenvalue weighted by Crippen LogP contribution is -2.09. The van der Waals surface area contributed by atoms with E-state index in [4.69, 9.17) is 5.26 Å². The molecule has 0 radical (unpaired) electrons. The molecule has 1 unspecified atom stereocenters. The molecule has 0 saturated carbocycles. The Hall–Kier alpha value is -0.760. The number of hydrogen-bond donors (Lipinski definition) is 1. The third-order valence-electron chi connectivity index (χ3n) is 1.99. The number of nitrogens with zero attached hydrogens (tertiary/aromatic N) is 1. The zero-order valence-corrected chi connectivity index (χ0v) is 8.71. The molecular weight excluding hydrogens is 200 g/mol. The zero-order chi connectivity index (χ0) is 9.26. The predicted octanol–water partition coefficient (Wildman–Crippen LogP) is 2.84. The van der Waals surface area contributed by atoms with Crippen LogP contribution in [0.25, 0.3) is 0 Å². The van der Waals surface area contributed by atoms with Crippen LogP contribution in [0, 0.1) is 11.3 Å². The lowest BCUT2D eigenvalue weighted by atomic mass is 10.0. The first kappa shape index (κ1) is 8.82. The Morgan fingerprint density at radius 1 is 1.62 bits per heavy atom. The second kappa shape index (κ2) is 3.54. The van der Waals surface area contributed by atoms with Crippen LogP contribution in [0.3, 0.4) is 0 Å². The standard InChI is InChI=1S/C9H8N2S2/c1-6-8(4-10)9(11-13-6)7-2-3-12-5-7/h2-3,5,9,11H,1H3. The summed E-state index contributed by atoms with van der Waals surface area (Å²) in [5, 5.41) is 13.1. The third-order valence-corrected chi connectivity index (χ3v) is 3.58. The number of hydrogen-bond acceptors (Lipinski definition) is 4. The van der Waals surface area contributed by atoms with Crippen LogP contribution in [0.15, 0.2) is 27.3 Å². The molecule has 66 valence electrons. The Labute approximate surface area is 85.4 Å². The van der Waals surface area contributed by atoms with E-state index in [-0.39, 0.29) is 6.04 Å². The summed E-state index contributed by atoms with van der Waals surface area (Å²) in [4.78, 5) is 1.08. The third kappa shape index (κ3) is 1.51. The minimum atomic E-state index is 0.0984. The summed E-state index contributed by atoms with van der Waals surface area (Å²) in [6.45, 7) is 1.97. The summed E-state index contributed by atoms with van der Waals surface area (Å²) in [5.74, 6) is 0. The fraction of sp³-hybridized carbons (Fsp3) is 0.222. The number of nitriles is 1. The van der Waals surface area contributed by atoms with Crippen molar-refractivity contribution >= 4 is 23.3 Å². The Balaban J connectivity index is 2.34. The molecule has 0 aromatic carbocycles. The highest BCUT2D eigenvalue weighted by Crippen LogP contribution is 2.37. The summed E-state index contributed by atoms with van der Waals surface area (Å²) in [6.07, 6.45) is 0. The van der Waals surface area contributed by atoms with Gasteiger partial charge in [-0.15, -0.1) is 0 Å². The summed E-state index contributed by atoms with van der Waals surface area (Å²) in [7, 11) is 0. The molecule has 1 aromatic heterocycles. The van der Waals surface area contributed by atoms with Crippen LogP contribution in [0.5, 0.6) is 0 Å². The molecule has 1 aliphatic rings. The van der Waals surface area contributed by atoms with Crippen molar-refractivity contribution in [1.29, 1.82) is 5.26 Å². The molecule has 0 fully saturated rings. The van der Waals surface area contributed by atoms with Crippen molar-refractivity contribution in [2.75, 3.05) is 0 Å². The monoisotopic (exact) mass is 208 g/mol. The van der Waals surface area contributed by atoms with Crippen LogP contribution in [0.1, 0.15) is 18.5 Å². The molecule has 1 aliphatic heterocycles. The molecule has 0 aliphatic carbocycles. The Morgan fingerprint density at radius 3 is 3.08 bits per heavy atom. The van der Waals surface area contributed by atoms with Gasteiger partial charge in [0.15, 0.2) is 0 Å². The maximum absolute atomic E-state index is 8.95. The molecular formula is C9H8N2S2. The average Bonchev–Trinajstić information content (AvgIpc) is 2.71. The van der Waals surface area contributed by atoms with E-state index in [9.17, 15) is 0 Å². The molecule has 0 spiro atoms. The Bertz CT molecular complexity index is 373. The van der Waals surface area contributed by atoms with Crippen LogP contribution in [0.2, 0.25) is 0 Å². The number of rotatable bonds is 1. The fourth-order valence-corrected chi connectivity index (χ4v) is 2.79. The van der Waals surface area contributed by atoms with Crippen LogP contribution >= 0.6 is 23.3 Å². The molecule has 13 heavy (non-hydrogen) atoms. The van der Waals surface area contributed by atoms with Gasteiger partial charge in [0.1, 0.15) is 0 Å². The van der Waals surface area contributed by atoms with Gasteiger partial charge < -0.3 is 0 Å². The first-order chi connectivity index (χ1) is 6.33. The van der Waals surface area contributed by atoms with Gasteiger partial charge in [-0.05, 0) is 41.3 Å². The second-order valence-corrected chi connectivity index (χ2v) is 4.62.